The molecular formula is C25H32N+. The van der Waals surface area contributed by atoms with Gasteiger partial charge in [0.2, 0.25) is 5.69 Å². The first-order valence-electron chi connectivity index (χ1n) is 9.80. The zero-order valence-electron chi connectivity index (χ0n) is 17.3. The molecule has 2 aromatic carbocycles. The summed E-state index contributed by atoms with van der Waals surface area (Å²) in [6.45, 7) is 13.8. The maximum Gasteiger partial charge on any atom is 0.220 e. The second-order valence-electron chi connectivity index (χ2n) is 8.37. The minimum atomic E-state index is 0.593. The van der Waals surface area contributed by atoms with Gasteiger partial charge in [0.1, 0.15) is 7.05 Å². The molecule has 1 heteroatoms. The third-order valence-electron chi connectivity index (χ3n) is 5.78. The summed E-state index contributed by atoms with van der Waals surface area (Å²) in [5.41, 5.74) is 6.71. The molecule has 26 heavy (non-hydrogen) atoms. The van der Waals surface area contributed by atoms with Crippen molar-refractivity contribution in [1.82, 2.24) is 0 Å². The van der Waals surface area contributed by atoms with E-state index in [0.717, 1.165) is 0 Å². The van der Waals surface area contributed by atoms with Crippen LogP contribution < -0.4 is 4.57 Å². The Morgan fingerprint density at radius 1 is 0.808 bits per heavy atom. The van der Waals surface area contributed by atoms with Crippen LogP contribution in [0, 0.1) is 25.7 Å². The Kier molecular flexibility index (Phi) is 5.18. The molecular weight excluding hydrogens is 314 g/mol. The molecule has 0 saturated carbocycles. The molecule has 0 aliphatic rings. The molecule has 1 nitrogen and oxygen atoms in total. The number of fused-ring (bicyclic) bond motifs is 1. The summed E-state index contributed by atoms with van der Waals surface area (Å²) in [5.74, 6) is 1.88. The van der Waals surface area contributed by atoms with Gasteiger partial charge in [-0.05, 0) is 53.3 Å². The van der Waals surface area contributed by atoms with E-state index in [2.05, 4.69) is 102 Å². The van der Waals surface area contributed by atoms with E-state index in [-0.39, 0.29) is 0 Å². The van der Waals surface area contributed by atoms with Crippen molar-refractivity contribution < 1.29 is 4.57 Å². The fraction of sp³-hybridized carbons (Fsp3) is 0.400. The monoisotopic (exact) mass is 346 g/mol. The van der Waals surface area contributed by atoms with Gasteiger partial charge in [-0.15, -0.1) is 0 Å². The van der Waals surface area contributed by atoms with Crippen molar-refractivity contribution in [1.29, 1.82) is 0 Å². The fourth-order valence-corrected chi connectivity index (χ4v) is 4.51. The van der Waals surface area contributed by atoms with Crippen molar-refractivity contribution in [2.24, 2.45) is 18.9 Å². The average Bonchev–Trinajstić information content (AvgIpc) is 2.56. The predicted octanol–water partition coefficient (Wildman–Crippen LogP) is 6.34. The van der Waals surface area contributed by atoms with Crippen molar-refractivity contribution in [3.63, 3.8) is 0 Å². The smallest absolute Gasteiger partial charge is 0.198 e. The van der Waals surface area contributed by atoms with Gasteiger partial charge in [0.15, 0.2) is 5.69 Å². The lowest BCUT2D eigenvalue weighted by Crippen LogP contribution is -2.35. The summed E-state index contributed by atoms with van der Waals surface area (Å²) in [6, 6.07) is 18.1. The molecule has 3 rings (SSSR count). The van der Waals surface area contributed by atoms with E-state index in [4.69, 9.17) is 0 Å². The summed E-state index contributed by atoms with van der Waals surface area (Å²) < 4.78 is 2.33. The van der Waals surface area contributed by atoms with Crippen molar-refractivity contribution in [2.45, 2.75) is 47.5 Å². The highest BCUT2D eigenvalue weighted by molar-refractivity contribution is 5.94. The number of nitrogens with zero attached hydrogens (tertiary/aromatic N) is 1. The minimum Gasteiger partial charge on any atom is -0.198 e. The molecule has 0 unspecified atom stereocenters. The Balaban J connectivity index is 2.28. The van der Waals surface area contributed by atoms with Crippen LogP contribution in [-0.4, -0.2) is 0 Å². The molecule has 1 heterocycles. The largest absolute Gasteiger partial charge is 0.220 e. The third-order valence-corrected chi connectivity index (χ3v) is 5.78. The summed E-state index contributed by atoms with van der Waals surface area (Å²) >= 11 is 0. The first kappa shape index (κ1) is 18.6. The molecule has 0 bridgehead atoms. The van der Waals surface area contributed by atoms with Gasteiger partial charge in [-0.2, -0.15) is 4.57 Å². The Morgan fingerprint density at radius 2 is 1.46 bits per heavy atom. The summed E-state index contributed by atoms with van der Waals surface area (Å²) in [7, 11) is 2.18. The number of hydrogen-bond acceptors (Lipinski definition) is 0. The molecule has 0 amide bonds. The van der Waals surface area contributed by atoms with Crippen LogP contribution in [0.4, 0.5) is 0 Å². The molecule has 3 aromatic rings. The highest BCUT2D eigenvalue weighted by Crippen LogP contribution is 2.35. The van der Waals surface area contributed by atoms with E-state index in [9.17, 15) is 0 Å². The van der Waals surface area contributed by atoms with Gasteiger partial charge in [-0.25, -0.2) is 0 Å². The predicted molar refractivity (Wildman–Crippen MR) is 112 cm³/mol. The lowest BCUT2D eigenvalue weighted by molar-refractivity contribution is -0.665. The molecule has 0 spiro atoms. The van der Waals surface area contributed by atoms with Crippen LogP contribution >= 0.6 is 0 Å². The number of aromatic nitrogens is 1. The van der Waals surface area contributed by atoms with Crippen LogP contribution in [0.2, 0.25) is 0 Å². The van der Waals surface area contributed by atoms with Crippen LogP contribution in [0.5, 0.6) is 0 Å². The molecule has 0 N–H and O–H groups in total. The highest BCUT2D eigenvalue weighted by Gasteiger charge is 2.23. The summed E-state index contributed by atoms with van der Waals surface area (Å²) in [4.78, 5) is 0. The number of rotatable bonds is 4. The van der Waals surface area contributed by atoms with Crippen molar-refractivity contribution in [3.8, 4) is 11.3 Å². The van der Waals surface area contributed by atoms with Crippen LogP contribution in [0.25, 0.3) is 22.0 Å². The summed E-state index contributed by atoms with van der Waals surface area (Å²) in [5, 5.41) is 2.69. The van der Waals surface area contributed by atoms with E-state index < -0.39 is 0 Å². The van der Waals surface area contributed by atoms with Gasteiger partial charge in [0, 0.05) is 18.6 Å². The standard InChI is InChI=1S/C25H32N/c1-16(2)24(17(3)4)20-12-13-23-21(15-20)14-19(6)26(7)25(23)22-11-9-8-10-18(22)5/h8-17,24H,1-7H3/q+1. The molecule has 0 fully saturated rings. The lowest BCUT2D eigenvalue weighted by Gasteiger charge is -2.25. The number of pyridine rings is 1. The Bertz CT molecular complexity index is 926. The average molecular weight is 347 g/mol. The minimum absolute atomic E-state index is 0.593. The second-order valence-corrected chi connectivity index (χ2v) is 8.37. The third kappa shape index (κ3) is 3.28. The SMILES string of the molecule is Cc1ccccc1-c1c2ccc(C(C(C)C)C(C)C)cc2cc(C)[n+]1C. The maximum absolute atomic E-state index is 2.43. The molecule has 136 valence electrons. The molecule has 1 aromatic heterocycles. The number of benzene rings is 2. The van der Waals surface area contributed by atoms with Crippen molar-refractivity contribution >= 4 is 10.8 Å². The zero-order chi connectivity index (χ0) is 19.0. The normalized spacial score (nSPS) is 11.9. The van der Waals surface area contributed by atoms with Crippen LogP contribution in [0.15, 0.2) is 48.5 Å². The van der Waals surface area contributed by atoms with E-state index in [0.29, 0.717) is 17.8 Å². The van der Waals surface area contributed by atoms with Gasteiger partial charge < -0.3 is 0 Å². The first-order chi connectivity index (χ1) is 12.3. The van der Waals surface area contributed by atoms with E-state index in [1.54, 1.807) is 0 Å². The van der Waals surface area contributed by atoms with E-state index in [1.807, 2.05) is 0 Å². The fourth-order valence-electron chi connectivity index (χ4n) is 4.51. The van der Waals surface area contributed by atoms with Gasteiger partial charge in [-0.3, -0.25) is 0 Å². The first-order valence-corrected chi connectivity index (χ1v) is 9.80. The van der Waals surface area contributed by atoms with Gasteiger partial charge in [0.05, 0.1) is 5.39 Å². The highest BCUT2D eigenvalue weighted by atomic mass is 14.9. The topological polar surface area (TPSA) is 3.88 Å². The number of aryl methyl sites for hydroxylation is 2. The van der Waals surface area contributed by atoms with Crippen LogP contribution in [0.1, 0.15) is 50.4 Å². The Morgan fingerprint density at radius 3 is 2.08 bits per heavy atom. The Labute approximate surface area is 158 Å². The van der Waals surface area contributed by atoms with Crippen molar-refractivity contribution in [2.75, 3.05) is 0 Å². The van der Waals surface area contributed by atoms with Crippen LogP contribution in [-0.2, 0) is 7.05 Å². The number of hydrogen-bond donors (Lipinski definition) is 0. The van der Waals surface area contributed by atoms with Crippen LogP contribution in [0.3, 0.4) is 0 Å². The van der Waals surface area contributed by atoms with Crippen molar-refractivity contribution in [3.05, 3.63) is 65.4 Å². The van der Waals surface area contributed by atoms with Gasteiger partial charge in [0.25, 0.3) is 0 Å². The van der Waals surface area contributed by atoms with E-state index in [1.165, 1.54) is 38.9 Å². The molecule has 0 radical (unpaired) electrons. The molecule has 0 aliphatic heterocycles. The van der Waals surface area contributed by atoms with E-state index >= 15 is 0 Å². The zero-order valence-corrected chi connectivity index (χ0v) is 17.3. The van der Waals surface area contributed by atoms with Gasteiger partial charge in [-0.1, -0.05) is 58.0 Å². The van der Waals surface area contributed by atoms with Gasteiger partial charge >= 0.3 is 0 Å². The summed E-state index contributed by atoms with van der Waals surface area (Å²) in [6.07, 6.45) is 0. The molecule has 0 aliphatic carbocycles. The molecule has 0 saturated heterocycles. The molecule has 0 atom stereocenters. The lowest BCUT2D eigenvalue weighted by atomic mass is 9.79. The second kappa shape index (κ2) is 7.23. The quantitative estimate of drug-likeness (QED) is 0.485. The maximum atomic E-state index is 2.43. The Hall–Kier alpha value is -2.15.